The molecule has 1 aliphatic heterocycles. The fourth-order valence-electron chi connectivity index (χ4n) is 4.68. The number of rotatable bonds is 4. The van der Waals surface area contributed by atoms with Crippen LogP contribution in [-0.2, 0) is 4.79 Å². The molecule has 0 spiro atoms. The maximum atomic E-state index is 12.7. The Kier molecular flexibility index (Phi) is 5.65. The summed E-state index contributed by atoms with van der Waals surface area (Å²) in [5.74, 6) is 1.99. The smallest absolute Gasteiger partial charge is 0.225 e. The van der Waals surface area contributed by atoms with Crippen LogP contribution in [0.3, 0.4) is 0 Å². The highest BCUT2D eigenvalue weighted by Crippen LogP contribution is 2.33. The van der Waals surface area contributed by atoms with Crippen molar-refractivity contribution in [2.75, 3.05) is 20.2 Å². The molecule has 4 rings (SSSR count). The number of benzene rings is 1. The maximum Gasteiger partial charge on any atom is 0.225 e. The van der Waals surface area contributed by atoms with Gasteiger partial charge in [0, 0.05) is 36.3 Å². The summed E-state index contributed by atoms with van der Waals surface area (Å²) >= 11 is 0. The molecule has 2 aliphatic rings. The van der Waals surface area contributed by atoms with Gasteiger partial charge in [0.2, 0.25) is 5.91 Å². The molecular formula is C24H30N2O2. The molecule has 1 aromatic heterocycles. The Morgan fingerprint density at radius 3 is 2.32 bits per heavy atom. The van der Waals surface area contributed by atoms with E-state index in [1.54, 1.807) is 7.11 Å². The quantitative estimate of drug-likeness (QED) is 0.755. The van der Waals surface area contributed by atoms with E-state index < -0.39 is 0 Å². The zero-order chi connectivity index (χ0) is 19.5. The van der Waals surface area contributed by atoms with E-state index in [1.807, 2.05) is 12.1 Å². The largest absolute Gasteiger partial charge is 0.497 e. The Balaban J connectivity index is 1.46. The molecule has 28 heavy (non-hydrogen) atoms. The molecule has 0 atom stereocenters. The van der Waals surface area contributed by atoms with E-state index in [4.69, 9.17) is 9.72 Å². The van der Waals surface area contributed by atoms with Crippen LogP contribution in [0, 0.1) is 12.8 Å². The van der Waals surface area contributed by atoms with Crippen LogP contribution in [0.2, 0.25) is 0 Å². The van der Waals surface area contributed by atoms with Crippen molar-refractivity contribution in [3.05, 3.63) is 47.8 Å². The number of hydrogen-bond acceptors (Lipinski definition) is 3. The molecule has 0 unspecified atom stereocenters. The summed E-state index contributed by atoms with van der Waals surface area (Å²) in [7, 11) is 1.69. The third-order valence-corrected chi connectivity index (χ3v) is 6.33. The fourth-order valence-corrected chi connectivity index (χ4v) is 4.68. The fraction of sp³-hybridized carbons (Fsp3) is 0.500. The van der Waals surface area contributed by atoms with Crippen molar-refractivity contribution >= 4 is 5.91 Å². The van der Waals surface area contributed by atoms with Crippen molar-refractivity contribution in [1.29, 1.82) is 0 Å². The molecule has 4 heteroatoms. The number of aryl methyl sites for hydroxylation is 1. The average molecular weight is 379 g/mol. The van der Waals surface area contributed by atoms with E-state index in [0.717, 1.165) is 50.2 Å². The van der Waals surface area contributed by atoms with Gasteiger partial charge in [-0.05, 0) is 68.0 Å². The number of hydrogen-bond donors (Lipinski definition) is 0. The van der Waals surface area contributed by atoms with Crippen molar-refractivity contribution in [2.24, 2.45) is 5.92 Å². The van der Waals surface area contributed by atoms with Crippen LogP contribution < -0.4 is 4.74 Å². The molecule has 1 aliphatic carbocycles. The second kappa shape index (κ2) is 8.34. The number of aromatic nitrogens is 1. The van der Waals surface area contributed by atoms with Gasteiger partial charge in [-0.15, -0.1) is 0 Å². The van der Waals surface area contributed by atoms with Crippen molar-refractivity contribution < 1.29 is 9.53 Å². The molecule has 2 fully saturated rings. The van der Waals surface area contributed by atoms with E-state index in [9.17, 15) is 4.79 Å². The van der Waals surface area contributed by atoms with Gasteiger partial charge in [0.15, 0.2) is 0 Å². The highest BCUT2D eigenvalue weighted by Gasteiger charge is 2.30. The minimum absolute atomic E-state index is 0.287. The number of carbonyl (C=O) groups is 1. The zero-order valence-electron chi connectivity index (χ0n) is 17.0. The van der Waals surface area contributed by atoms with Gasteiger partial charge >= 0.3 is 0 Å². The normalized spacial score (nSPS) is 18.4. The first-order valence-corrected chi connectivity index (χ1v) is 10.6. The van der Waals surface area contributed by atoms with Crippen LogP contribution in [0.4, 0.5) is 0 Å². The summed E-state index contributed by atoms with van der Waals surface area (Å²) in [5.41, 5.74) is 4.60. The Morgan fingerprint density at radius 2 is 1.68 bits per heavy atom. The third kappa shape index (κ3) is 4.06. The van der Waals surface area contributed by atoms with Crippen LogP contribution in [0.5, 0.6) is 5.75 Å². The van der Waals surface area contributed by atoms with Crippen molar-refractivity contribution in [1.82, 2.24) is 9.88 Å². The molecule has 0 bridgehead atoms. The first kappa shape index (κ1) is 19.0. The molecule has 1 saturated carbocycles. The van der Waals surface area contributed by atoms with Gasteiger partial charge in [-0.3, -0.25) is 9.78 Å². The number of carbonyl (C=O) groups excluding carboxylic acids is 1. The molecule has 1 aromatic carbocycles. The summed E-state index contributed by atoms with van der Waals surface area (Å²) in [4.78, 5) is 19.6. The van der Waals surface area contributed by atoms with Crippen molar-refractivity contribution in [3.63, 3.8) is 0 Å². The number of methoxy groups -OCH3 is 1. The van der Waals surface area contributed by atoms with Gasteiger partial charge in [0.1, 0.15) is 5.75 Å². The lowest BCUT2D eigenvalue weighted by molar-refractivity contribution is -0.136. The van der Waals surface area contributed by atoms with E-state index in [-0.39, 0.29) is 5.92 Å². The number of piperidine rings is 1. The summed E-state index contributed by atoms with van der Waals surface area (Å²) in [6.45, 7) is 3.80. The monoisotopic (exact) mass is 378 g/mol. The lowest BCUT2D eigenvalue weighted by atomic mass is 9.90. The van der Waals surface area contributed by atoms with Crippen LogP contribution >= 0.6 is 0 Å². The minimum Gasteiger partial charge on any atom is -0.497 e. The van der Waals surface area contributed by atoms with Crippen molar-refractivity contribution in [2.45, 2.75) is 51.4 Å². The molecule has 4 nitrogen and oxygen atoms in total. The Hall–Kier alpha value is -2.36. The van der Waals surface area contributed by atoms with Crippen molar-refractivity contribution in [3.8, 4) is 16.9 Å². The van der Waals surface area contributed by atoms with E-state index >= 15 is 0 Å². The van der Waals surface area contributed by atoms with Gasteiger partial charge in [-0.1, -0.05) is 25.0 Å². The second-order valence-corrected chi connectivity index (χ2v) is 8.23. The van der Waals surface area contributed by atoms with Crippen LogP contribution in [0.1, 0.15) is 55.8 Å². The molecule has 2 heterocycles. The zero-order valence-corrected chi connectivity index (χ0v) is 17.0. The topological polar surface area (TPSA) is 42.4 Å². The summed E-state index contributed by atoms with van der Waals surface area (Å²) < 4.78 is 5.27. The lowest BCUT2D eigenvalue weighted by Crippen LogP contribution is -2.40. The van der Waals surface area contributed by atoms with E-state index in [1.165, 1.54) is 29.7 Å². The molecule has 1 amide bonds. The first-order valence-electron chi connectivity index (χ1n) is 10.6. The summed E-state index contributed by atoms with van der Waals surface area (Å²) in [5, 5.41) is 0. The van der Waals surface area contributed by atoms with Gasteiger partial charge in [-0.2, -0.15) is 0 Å². The predicted octanol–water partition coefficient (Wildman–Crippen LogP) is 4.96. The van der Waals surface area contributed by atoms with Gasteiger partial charge in [0.25, 0.3) is 0 Å². The number of amides is 1. The van der Waals surface area contributed by atoms with Crippen LogP contribution in [0.25, 0.3) is 11.1 Å². The highest BCUT2D eigenvalue weighted by atomic mass is 16.5. The number of likely N-dealkylation sites (tertiary alicyclic amines) is 1. The van der Waals surface area contributed by atoms with Gasteiger partial charge in [-0.25, -0.2) is 0 Å². The van der Waals surface area contributed by atoms with Gasteiger partial charge < -0.3 is 9.64 Å². The maximum absolute atomic E-state index is 12.7. The first-order chi connectivity index (χ1) is 13.6. The molecular weight excluding hydrogens is 348 g/mol. The Morgan fingerprint density at radius 1 is 1.00 bits per heavy atom. The number of ether oxygens (including phenoxy) is 1. The number of pyridine rings is 1. The standard InChI is InChI=1S/C24H30N2O2/c1-17-15-21(18-7-9-22(28-2)10-8-18)16-23(25-17)19-11-13-26(14-12-19)24(27)20-5-3-4-6-20/h7-10,15-16,19-20H,3-6,11-14H2,1-2H3. The van der Waals surface area contributed by atoms with Crippen LogP contribution in [-0.4, -0.2) is 36.0 Å². The summed E-state index contributed by atoms with van der Waals surface area (Å²) in [6.07, 6.45) is 6.63. The van der Waals surface area contributed by atoms with Gasteiger partial charge in [0.05, 0.1) is 7.11 Å². The van der Waals surface area contributed by atoms with E-state index in [0.29, 0.717) is 11.8 Å². The highest BCUT2D eigenvalue weighted by molar-refractivity contribution is 5.79. The molecule has 1 saturated heterocycles. The van der Waals surface area contributed by atoms with E-state index in [2.05, 4.69) is 36.1 Å². The molecule has 148 valence electrons. The second-order valence-electron chi connectivity index (χ2n) is 8.23. The molecule has 2 aromatic rings. The lowest BCUT2D eigenvalue weighted by Gasteiger charge is -2.33. The third-order valence-electron chi connectivity index (χ3n) is 6.33. The number of nitrogens with zero attached hydrogens (tertiary/aromatic N) is 2. The molecule has 0 N–H and O–H groups in total. The SMILES string of the molecule is COc1ccc(-c2cc(C)nc(C3CCN(C(=O)C4CCCC4)CC3)c2)cc1. The minimum atomic E-state index is 0.287. The Bertz CT molecular complexity index is 817. The van der Waals surface area contributed by atoms with Crippen LogP contribution in [0.15, 0.2) is 36.4 Å². The predicted molar refractivity (Wildman–Crippen MR) is 111 cm³/mol. The molecule has 0 radical (unpaired) electrons. The average Bonchev–Trinajstić information content (AvgIpc) is 3.28. The Labute approximate surface area is 167 Å². The summed E-state index contributed by atoms with van der Waals surface area (Å²) in [6, 6.07) is 12.6.